The summed E-state index contributed by atoms with van der Waals surface area (Å²) in [6.07, 6.45) is 0.724. The van der Waals surface area contributed by atoms with E-state index in [1.54, 1.807) is 18.2 Å². The van der Waals surface area contributed by atoms with Crippen LogP contribution in [0.5, 0.6) is 5.75 Å². The first-order valence-electron chi connectivity index (χ1n) is 8.10. The van der Waals surface area contributed by atoms with Crippen molar-refractivity contribution in [2.75, 3.05) is 6.54 Å². The zero-order valence-electron chi connectivity index (χ0n) is 13.9. The fourth-order valence-corrected chi connectivity index (χ4v) is 2.94. The Balaban J connectivity index is 1.63. The summed E-state index contributed by atoms with van der Waals surface area (Å²) < 4.78 is 5.75. The Morgan fingerprint density at radius 1 is 1.21 bits per heavy atom. The predicted molar refractivity (Wildman–Crippen MR) is 94.2 cm³/mol. The molecule has 1 heterocycles. The standard InChI is InChI=1S/C20H21NO3/c1-13(15-6-5-7-16(22)12-15)20(23)21-11-10-17-14(2)24-19-9-4-3-8-18(17)19/h3-9,12-13,22H,10-11H2,1-2H3,(H,21,23). The van der Waals surface area contributed by atoms with Crippen molar-refractivity contribution in [3.63, 3.8) is 0 Å². The number of hydrogen-bond donors (Lipinski definition) is 2. The first-order valence-corrected chi connectivity index (χ1v) is 8.10. The summed E-state index contributed by atoms with van der Waals surface area (Å²) in [5.74, 6) is 0.712. The Labute approximate surface area is 141 Å². The first kappa shape index (κ1) is 16.1. The van der Waals surface area contributed by atoms with Gasteiger partial charge in [-0.3, -0.25) is 4.79 Å². The Bertz CT molecular complexity index is 866. The van der Waals surface area contributed by atoms with Gasteiger partial charge in [0, 0.05) is 17.5 Å². The van der Waals surface area contributed by atoms with E-state index in [4.69, 9.17) is 4.42 Å². The van der Waals surface area contributed by atoms with Crippen molar-refractivity contribution < 1.29 is 14.3 Å². The maximum Gasteiger partial charge on any atom is 0.227 e. The molecule has 4 heteroatoms. The molecule has 0 radical (unpaired) electrons. The van der Waals surface area contributed by atoms with Crippen LogP contribution in [0.4, 0.5) is 0 Å². The van der Waals surface area contributed by atoms with Gasteiger partial charge in [0.15, 0.2) is 0 Å². The number of carbonyl (C=O) groups is 1. The zero-order valence-corrected chi connectivity index (χ0v) is 13.9. The maximum absolute atomic E-state index is 12.3. The molecule has 0 saturated heterocycles. The van der Waals surface area contributed by atoms with E-state index in [-0.39, 0.29) is 17.6 Å². The lowest BCUT2D eigenvalue weighted by atomic mass is 10.00. The van der Waals surface area contributed by atoms with Crippen LogP contribution in [0, 0.1) is 6.92 Å². The summed E-state index contributed by atoms with van der Waals surface area (Å²) in [5.41, 5.74) is 2.82. The molecule has 0 bridgehead atoms. The average Bonchev–Trinajstić information content (AvgIpc) is 2.90. The van der Waals surface area contributed by atoms with E-state index in [1.165, 1.54) is 0 Å². The summed E-state index contributed by atoms with van der Waals surface area (Å²) in [6.45, 7) is 4.33. The second kappa shape index (κ2) is 6.79. The topological polar surface area (TPSA) is 62.5 Å². The molecule has 124 valence electrons. The van der Waals surface area contributed by atoms with Crippen LogP contribution in [0.25, 0.3) is 11.0 Å². The molecule has 0 aliphatic rings. The summed E-state index contributed by atoms with van der Waals surface area (Å²) in [6, 6.07) is 14.7. The van der Waals surface area contributed by atoms with Gasteiger partial charge >= 0.3 is 0 Å². The molecule has 1 aromatic heterocycles. The molecule has 0 spiro atoms. The van der Waals surface area contributed by atoms with Crippen LogP contribution < -0.4 is 5.32 Å². The van der Waals surface area contributed by atoms with Crippen molar-refractivity contribution in [2.45, 2.75) is 26.2 Å². The van der Waals surface area contributed by atoms with E-state index in [0.717, 1.165) is 34.3 Å². The van der Waals surface area contributed by atoms with E-state index < -0.39 is 0 Å². The number of phenols is 1. The van der Waals surface area contributed by atoms with Crippen LogP contribution >= 0.6 is 0 Å². The highest BCUT2D eigenvalue weighted by Crippen LogP contribution is 2.25. The highest BCUT2D eigenvalue weighted by atomic mass is 16.3. The number of nitrogens with one attached hydrogen (secondary N) is 1. The van der Waals surface area contributed by atoms with Crippen molar-refractivity contribution in [3.05, 3.63) is 65.4 Å². The molecule has 3 aromatic rings. The summed E-state index contributed by atoms with van der Waals surface area (Å²) >= 11 is 0. The fourth-order valence-electron chi connectivity index (χ4n) is 2.94. The van der Waals surface area contributed by atoms with Crippen molar-refractivity contribution in [2.24, 2.45) is 0 Å². The van der Waals surface area contributed by atoms with Gasteiger partial charge in [0.25, 0.3) is 0 Å². The molecule has 0 fully saturated rings. The molecule has 0 aliphatic heterocycles. The molecule has 2 N–H and O–H groups in total. The molecule has 3 rings (SSSR count). The number of benzene rings is 2. The minimum absolute atomic E-state index is 0.0500. The Morgan fingerprint density at radius 2 is 2.00 bits per heavy atom. The van der Waals surface area contributed by atoms with Crippen molar-refractivity contribution in [3.8, 4) is 5.75 Å². The normalized spacial score (nSPS) is 12.2. The van der Waals surface area contributed by atoms with Gasteiger partial charge in [0.05, 0.1) is 5.92 Å². The summed E-state index contributed by atoms with van der Waals surface area (Å²) in [4.78, 5) is 12.3. The first-order chi connectivity index (χ1) is 11.6. The van der Waals surface area contributed by atoms with Crippen LogP contribution in [-0.2, 0) is 11.2 Å². The van der Waals surface area contributed by atoms with Crippen molar-refractivity contribution >= 4 is 16.9 Å². The van der Waals surface area contributed by atoms with E-state index in [9.17, 15) is 9.90 Å². The lowest BCUT2D eigenvalue weighted by molar-refractivity contribution is -0.122. The third-order valence-corrected chi connectivity index (χ3v) is 4.34. The van der Waals surface area contributed by atoms with E-state index >= 15 is 0 Å². The number of phenolic OH excluding ortho intramolecular Hbond substituents is 1. The number of aromatic hydroxyl groups is 1. The molecule has 0 aliphatic carbocycles. The number of aryl methyl sites for hydroxylation is 1. The zero-order chi connectivity index (χ0) is 17.1. The Hall–Kier alpha value is -2.75. The van der Waals surface area contributed by atoms with Gasteiger partial charge in [-0.05, 0) is 44.0 Å². The summed E-state index contributed by atoms with van der Waals surface area (Å²) in [5, 5.41) is 13.6. The lowest BCUT2D eigenvalue weighted by Crippen LogP contribution is -2.29. The van der Waals surface area contributed by atoms with Crippen LogP contribution in [0.15, 0.2) is 52.9 Å². The van der Waals surface area contributed by atoms with Gasteiger partial charge in [-0.15, -0.1) is 0 Å². The summed E-state index contributed by atoms with van der Waals surface area (Å²) in [7, 11) is 0. The van der Waals surface area contributed by atoms with Gasteiger partial charge in [-0.2, -0.15) is 0 Å². The molecule has 1 unspecified atom stereocenters. The maximum atomic E-state index is 12.3. The fraction of sp³-hybridized carbons (Fsp3) is 0.250. The number of furan rings is 1. The largest absolute Gasteiger partial charge is 0.508 e. The molecule has 0 saturated carbocycles. The third kappa shape index (κ3) is 3.27. The molecule has 2 aromatic carbocycles. The van der Waals surface area contributed by atoms with Gasteiger partial charge in [-0.25, -0.2) is 0 Å². The average molecular weight is 323 g/mol. The smallest absolute Gasteiger partial charge is 0.227 e. The van der Waals surface area contributed by atoms with Gasteiger partial charge in [0.2, 0.25) is 5.91 Å². The van der Waals surface area contributed by atoms with Crippen LogP contribution in [-0.4, -0.2) is 17.6 Å². The van der Waals surface area contributed by atoms with Crippen molar-refractivity contribution in [1.82, 2.24) is 5.32 Å². The Kier molecular flexibility index (Phi) is 4.56. The number of carbonyl (C=O) groups excluding carboxylic acids is 1. The van der Waals surface area contributed by atoms with E-state index in [0.29, 0.717) is 6.54 Å². The lowest BCUT2D eigenvalue weighted by Gasteiger charge is -2.13. The number of fused-ring (bicyclic) bond motifs is 1. The molecular weight excluding hydrogens is 302 g/mol. The highest BCUT2D eigenvalue weighted by molar-refractivity contribution is 5.84. The van der Waals surface area contributed by atoms with Gasteiger partial charge < -0.3 is 14.8 Å². The van der Waals surface area contributed by atoms with Crippen molar-refractivity contribution in [1.29, 1.82) is 0 Å². The number of rotatable bonds is 5. The minimum Gasteiger partial charge on any atom is -0.508 e. The van der Waals surface area contributed by atoms with Crippen LogP contribution in [0.2, 0.25) is 0 Å². The Morgan fingerprint density at radius 3 is 2.79 bits per heavy atom. The number of para-hydroxylation sites is 1. The van der Waals surface area contributed by atoms with Crippen LogP contribution in [0.1, 0.15) is 29.7 Å². The molecule has 24 heavy (non-hydrogen) atoms. The SMILES string of the molecule is Cc1oc2ccccc2c1CCNC(=O)C(C)c1cccc(O)c1. The second-order valence-electron chi connectivity index (χ2n) is 5.99. The molecule has 4 nitrogen and oxygen atoms in total. The number of amides is 1. The minimum atomic E-state index is -0.306. The third-order valence-electron chi connectivity index (χ3n) is 4.34. The van der Waals surface area contributed by atoms with E-state index in [2.05, 4.69) is 5.32 Å². The number of hydrogen-bond acceptors (Lipinski definition) is 3. The van der Waals surface area contributed by atoms with Gasteiger partial charge in [0.1, 0.15) is 17.1 Å². The molecule has 1 amide bonds. The second-order valence-corrected chi connectivity index (χ2v) is 5.99. The highest BCUT2D eigenvalue weighted by Gasteiger charge is 2.16. The molecule has 1 atom stereocenters. The van der Waals surface area contributed by atoms with E-state index in [1.807, 2.05) is 44.2 Å². The predicted octanol–water partition coefficient (Wildman–Crippen LogP) is 3.91. The monoisotopic (exact) mass is 323 g/mol. The van der Waals surface area contributed by atoms with Crippen LogP contribution in [0.3, 0.4) is 0 Å². The quantitative estimate of drug-likeness (QED) is 0.748. The van der Waals surface area contributed by atoms with Gasteiger partial charge in [-0.1, -0.05) is 30.3 Å². The molecular formula is C20H21NO3.